The van der Waals surface area contributed by atoms with Crippen LogP contribution in [0.15, 0.2) is 70.7 Å². The summed E-state index contributed by atoms with van der Waals surface area (Å²) >= 11 is 0. The number of benzene rings is 1. The van der Waals surface area contributed by atoms with Gasteiger partial charge in [-0.15, -0.1) is 0 Å². The lowest BCUT2D eigenvalue weighted by Crippen LogP contribution is -2.49. The summed E-state index contributed by atoms with van der Waals surface area (Å²) in [5.41, 5.74) is 3.44. The molecule has 0 radical (unpaired) electrons. The van der Waals surface area contributed by atoms with Gasteiger partial charge in [0.15, 0.2) is 32.8 Å². The molecule has 3 saturated carbocycles. The Kier molecular flexibility index (Phi) is 15.2. The van der Waals surface area contributed by atoms with Gasteiger partial charge in [-0.2, -0.15) is 0 Å². The van der Waals surface area contributed by atoms with E-state index in [1.807, 2.05) is 18.2 Å². The Bertz CT molecular complexity index is 1760. The van der Waals surface area contributed by atoms with Gasteiger partial charge in [-0.25, -0.2) is 8.42 Å². The molecule has 3 aliphatic carbocycles. The van der Waals surface area contributed by atoms with Gasteiger partial charge in [0.25, 0.3) is 0 Å². The van der Waals surface area contributed by atoms with Crippen molar-refractivity contribution in [3.05, 3.63) is 65.8 Å². The summed E-state index contributed by atoms with van der Waals surface area (Å²) in [5, 5.41) is -0.278. The molecule has 59 heavy (non-hydrogen) atoms. The van der Waals surface area contributed by atoms with Crippen LogP contribution in [0.25, 0.3) is 0 Å². The van der Waals surface area contributed by atoms with Crippen LogP contribution in [0, 0.1) is 23.2 Å². The van der Waals surface area contributed by atoms with E-state index in [9.17, 15) is 8.42 Å². The molecule has 1 aromatic rings. The van der Waals surface area contributed by atoms with Crippen molar-refractivity contribution >= 4 is 26.5 Å². The number of fused-ring (bicyclic) bond motifs is 1. The summed E-state index contributed by atoms with van der Waals surface area (Å²) in [6.07, 6.45) is 16.1. The van der Waals surface area contributed by atoms with Crippen molar-refractivity contribution < 1.29 is 26.7 Å². The molecule has 0 N–H and O–H groups in total. The highest BCUT2D eigenvalue weighted by Crippen LogP contribution is 2.60. The Labute approximate surface area is 363 Å². The first-order chi connectivity index (χ1) is 27.2. The Hall–Kier alpha value is -1.34. The third-order valence-electron chi connectivity index (χ3n) is 16.1. The molecule has 6 nitrogen and oxygen atoms in total. The lowest BCUT2D eigenvalue weighted by atomic mass is 9.60. The van der Waals surface area contributed by atoms with Gasteiger partial charge in [-0.3, -0.25) is 0 Å². The average Bonchev–Trinajstić information content (AvgIpc) is 3.49. The van der Waals surface area contributed by atoms with Crippen molar-refractivity contribution in [2.24, 2.45) is 23.2 Å². The lowest BCUT2D eigenvalue weighted by molar-refractivity contribution is -0.217. The summed E-state index contributed by atoms with van der Waals surface area (Å²) in [4.78, 5) is 0.432. The van der Waals surface area contributed by atoms with Crippen molar-refractivity contribution in [3.8, 4) is 0 Å². The van der Waals surface area contributed by atoms with Crippen LogP contribution in [0.2, 0.25) is 36.3 Å². The standard InChI is InChI=1S/C50H84O6SSi2/c1-36-39(34-40(55-58(12,13)47(3,4)5)35-44(36)56-59(14,15)48(6,7)8)27-26-38-22-21-31-50(11)42(28-29-43(38)50)37(2)45(57(51,52)41-23-17-16-18-24-41)30-32-49(9,10)54-46-25-19-20-33-53-46/h16-18,23-24,26-27,37,40,42-46H,1,19-22,25,28-35H2,2-15H3/t37-,40+,42+,43-,44-,45?,46?,50+/m0/s1. The molecule has 1 saturated heterocycles. The SMILES string of the molecule is C=C1C(=CC=C2CCC[C@]3(C)[C@@H]([C@H](C)C(CCC(C)(C)OC4CCCCO4)S(=O)(=O)c4ccccc4)CC[C@@H]23)C[C@@H](O[Si](C)(C)C(C)(C)C)C[C@@H]1O[Si](C)(C)C(C)(C)C. The van der Waals surface area contributed by atoms with Gasteiger partial charge in [0.1, 0.15) is 0 Å². The minimum Gasteiger partial charge on any atom is -0.413 e. The largest absolute Gasteiger partial charge is 0.413 e. The van der Waals surface area contributed by atoms with Crippen LogP contribution in [-0.4, -0.2) is 61.0 Å². The van der Waals surface area contributed by atoms with Crippen LogP contribution in [0.1, 0.15) is 146 Å². The zero-order valence-electron chi connectivity index (χ0n) is 39.8. The Morgan fingerprint density at radius 3 is 2.15 bits per heavy atom. The minimum atomic E-state index is -3.60. The molecular weight excluding hydrogens is 785 g/mol. The highest BCUT2D eigenvalue weighted by atomic mass is 32.2. The van der Waals surface area contributed by atoms with E-state index in [0.29, 0.717) is 29.6 Å². The van der Waals surface area contributed by atoms with Crippen LogP contribution in [0.3, 0.4) is 0 Å². The molecule has 1 aliphatic heterocycles. The average molecular weight is 869 g/mol. The van der Waals surface area contributed by atoms with Crippen LogP contribution < -0.4 is 0 Å². The topological polar surface area (TPSA) is 71.1 Å². The smallest absolute Gasteiger partial charge is 0.192 e. The van der Waals surface area contributed by atoms with E-state index in [-0.39, 0.29) is 39.9 Å². The van der Waals surface area contributed by atoms with E-state index >= 15 is 0 Å². The lowest BCUT2D eigenvalue weighted by Gasteiger charge is -2.46. The maximum Gasteiger partial charge on any atom is 0.192 e. The molecule has 1 aromatic carbocycles. The molecule has 5 rings (SSSR count). The summed E-state index contributed by atoms with van der Waals surface area (Å²) in [5.74, 6) is 0.723. The third-order valence-corrected chi connectivity index (χ3v) is 27.5. The molecule has 1 heterocycles. The van der Waals surface area contributed by atoms with Gasteiger partial charge in [0.05, 0.1) is 28.0 Å². The van der Waals surface area contributed by atoms with Gasteiger partial charge in [-0.1, -0.05) is 97.9 Å². The molecule has 0 aromatic heterocycles. The van der Waals surface area contributed by atoms with Crippen molar-refractivity contribution in [3.63, 3.8) is 0 Å². The number of hydrogen-bond acceptors (Lipinski definition) is 6. The highest BCUT2D eigenvalue weighted by molar-refractivity contribution is 7.92. The number of sulfone groups is 1. The number of rotatable bonds is 14. The van der Waals surface area contributed by atoms with Crippen molar-refractivity contribution in [1.82, 2.24) is 0 Å². The zero-order valence-corrected chi connectivity index (χ0v) is 42.7. The molecule has 334 valence electrons. The second-order valence-corrected chi connectivity index (χ2v) is 34.5. The maximum atomic E-state index is 14.7. The Balaban J connectivity index is 1.42. The monoisotopic (exact) mass is 869 g/mol. The summed E-state index contributed by atoms with van der Waals surface area (Å²) in [6, 6.07) is 9.17. The van der Waals surface area contributed by atoms with Gasteiger partial charge in [-0.05, 0) is 167 Å². The van der Waals surface area contributed by atoms with E-state index < -0.39 is 37.3 Å². The first-order valence-electron chi connectivity index (χ1n) is 23.2. The fourth-order valence-corrected chi connectivity index (χ4v) is 15.1. The van der Waals surface area contributed by atoms with Gasteiger partial charge in [0, 0.05) is 13.0 Å². The van der Waals surface area contributed by atoms with Gasteiger partial charge in [0.2, 0.25) is 0 Å². The second-order valence-electron chi connectivity index (χ2n) is 22.8. The van der Waals surface area contributed by atoms with E-state index in [4.69, 9.17) is 24.9 Å². The normalized spacial score (nSPS) is 30.4. The van der Waals surface area contributed by atoms with Crippen LogP contribution in [-0.2, 0) is 28.2 Å². The molecule has 4 aliphatic rings. The number of ether oxygens (including phenoxy) is 2. The second kappa shape index (κ2) is 18.4. The van der Waals surface area contributed by atoms with Gasteiger partial charge < -0.3 is 18.3 Å². The van der Waals surface area contributed by atoms with E-state index in [1.54, 1.807) is 12.1 Å². The quantitative estimate of drug-likeness (QED) is 0.174. The van der Waals surface area contributed by atoms with E-state index in [0.717, 1.165) is 76.4 Å². The van der Waals surface area contributed by atoms with Crippen molar-refractivity contribution in [2.75, 3.05) is 6.61 Å². The molecule has 9 heteroatoms. The minimum absolute atomic E-state index is 0.00532. The molecule has 0 bridgehead atoms. The molecular formula is C50H84O6SSi2. The summed E-state index contributed by atoms with van der Waals surface area (Å²) in [7, 11) is -7.68. The third kappa shape index (κ3) is 11.3. The van der Waals surface area contributed by atoms with Crippen LogP contribution >= 0.6 is 0 Å². The number of hydrogen-bond donors (Lipinski definition) is 0. The van der Waals surface area contributed by atoms with Crippen molar-refractivity contribution in [2.45, 2.75) is 217 Å². The highest BCUT2D eigenvalue weighted by Gasteiger charge is 2.53. The predicted molar refractivity (Wildman–Crippen MR) is 251 cm³/mol. The summed E-state index contributed by atoms with van der Waals surface area (Å²) < 4.78 is 56.1. The first-order valence-corrected chi connectivity index (χ1v) is 30.6. The van der Waals surface area contributed by atoms with Gasteiger partial charge >= 0.3 is 0 Å². The number of allylic oxidation sites excluding steroid dienone is 3. The van der Waals surface area contributed by atoms with E-state index in [1.165, 1.54) is 11.1 Å². The summed E-state index contributed by atoms with van der Waals surface area (Å²) in [6.45, 7) is 37.7. The van der Waals surface area contributed by atoms with Crippen molar-refractivity contribution in [1.29, 1.82) is 0 Å². The fourth-order valence-electron chi connectivity index (χ4n) is 10.4. The molecule has 4 fully saturated rings. The predicted octanol–water partition coefficient (Wildman–Crippen LogP) is 13.8. The molecule has 8 atom stereocenters. The van der Waals surface area contributed by atoms with Crippen LogP contribution in [0.5, 0.6) is 0 Å². The fraction of sp³-hybridized carbons (Fsp3) is 0.760. The Morgan fingerprint density at radius 1 is 0.898 bits per heavy atom. The molecule has 0 amide bonds. The van der Waals surface area contributed by atoms with E-state index in [2.05, 4.69) is 108 Å². The first kappa shape index (κ1) is 48.7. The Morgan fingerprint density at radius 2 is 1.54 bits per heavy atom. The maximum absolute atomic E-state index is 14.7. The van der Waals surface area contributed by atoms with Crippen LogP contribution in [0.4, 0.5) is 0 Å². The zero-order chi connectivity index (χ0) is 43.8. The molecule has 2 unspecified atom stereocenters. The molecule has 0 spiro atoms.